The average molecular weight is 925 g/mol. The zero-order valence-electron chi connectivity index (χ0n) is 39.2. The van der Waals surface area contributed by atoms with Crippen LogP contribution >= 0.6 is 0 Å². The van der Waals surface area contributed by atoms with Gasteiger partial charge in [-0.1, -0.05) is 165 Å². The lowest BCUT2D eigenvalue weighted by Crippen LogP contribution is -2.56. The van der Waals surface area contributed by atoms with E-state index in [2.05, 4.69) is 241 Å². The van der Waals surface area contributed by atoms with Gasteiger partial charge in [0.25, 0.3) is 0 Å². The summed E-state index contributed by atoms with van der Waals surface area (Å²) < 4.78 is 13.5. The molecule has 0 bridgehead atoms. The van der Waals surface area contributed by atoms with Gasteiger partial charge in [-0.2, -0.15) is 0 Å². The summed E-state index contributed by atoms with van der Waals surface area (Å²) in [6, 6.07) is 84.3. The van der Waals surface area contributed by atoms with E-state index in [1.165, 1.54) is 64.6 Å². The second-order valence-corrected chi connectivity index (χ2v) is 24.0. The largest absolute Gasteiger partial charge is 0.454 e. The van der Waals surface area contributed by atoms with Gasteiger partial charge in [-0.05, 0) is 143 Å². The average Bonchev–Trinajstić information content (AvgIpc) is 4.00. The number of rotatable bonds is 6. The highest BCUT2D eigenvalue weighted by Crippen LogP contribution is 2.47. The Morgan fingerprint density at radius 1 is 0.310 bits per heavy atom. The highest BCUT2D eigenvalue weighted by molar-refractivity contribution is 7.03. The van der Waals surface area contributed by atoms with Crippen LogP contribution in [0.3, 0.4) is 0 Å². The molecule has 2 aromatic heterocycles. The molecule has 4 nitrogen and oxygen atoms in total. The van der Waals surface area contributed by atoms with Crippen molar-refractivity contribution in [3.8, 4) is 11.1 Å². The van der Waals surface area contributed by atoms with Gasteiger partial charge in [0, 0.05) is 44.3 Å². The molecule has 5 heteroatoms. The molecule has 334 valence electrons. The summed E-state index contributed by atoms with van der Waals surface area (Å²) in [7, 11) is -2.34. The lowest BCUT2D eigenvalue weighted by Gasteiger charge is -2.35. The number of anilines is 6. The highest BCUT2D eigenvalue weighted by atomic mass is 28.3. The van der Waals surface area contributed by atoms with E-state index >= 15 is 0 Å². The number of hydrogen-bond acceptors (Lipinski definition) is 4. The van der Waals surface area contributed by atoms with Crippen LogP contribution < -0.4 is 20.2 Å². The maximum absolute atomic E-state index is 6.76. The molecule has 0 atom stereocenters. The Bertz CT molecular complexity index is 4540. The molecule has 0 N–H and O–H groups in total. The molecule has 12 aromatic carbocycles. The van der Waals surface area contributed by atoms with Gasteiger partial charge >= 0.3 is 0 Å². The predicted molar refractivity (Wildman–Crippen MR) is 303 cm³/mol. The second-order valence-electron chi connectivity index (χ2n) is 19.7. The van der Waals surface area contributed by atoms with Gasteiger partial charge in [0.15, 0.2) is 11.2 Å². The molecule has 0 amide bonds. The minimum absolute atomic E-state index is 0.871. The van der Waals surface area contributed by atoms with Crippen LogP contribution in [0.1, 0.15) is 0 Å². The van der Waals surface area contributed by atoms with Crippen molar-refractivity contribution >= 4 is 140 Å². The number of para-hydroxylation sites is 4. The van der Waals surface area contributed by atoms with Crippen molar-refractivity contribution in [2.24, 2.45) is 0 Å². The summed E-state index contributed by atoms with van der Waals surface area (Å²) in [5.41, 5.74) is 12.5. The Hall–Kier alpha value is -8.90. The Kier molecular flexibility index (Phi) is 8.48. The molecule has 71 heavy (non-hydrogen) atoms. The van der Waals surface area contributed by atoms with Gasteiger partial charge in [0.2, 0.25) is 0 Å². The third-order valence-corrected chi connectivity index (χ3v) is 18.9. The van der Waals surface area contributed by atoms with Gasteiger partial charge in [-0.25, -0.2) is 0 Å². The molecule has 0 fully saturated rings. The minimum atomic E-state index is -2.34. The fraction of sp³-hybridized carbons (Fsp3) is 0.0303. The number of furan rings is 2. The van der Waals surface area contributed by atoms with Crippen LogP contribution in [-0.2, 0) is 0 Å². The van der Waals surface area contributed by atoms with E-state index in [1.807, 2.05) is 12.1 Å². The summed E-state index contributed by atoms with van der Waals surface area (Å²) in [5.74, 6) is 0. The molecule has 0 saturated carbocycles. The molecule has 0 radical (unpaired) electrons. The second kappa shape index (κ2) is 15.0. The molecule has 0 unspecified atom stereocenters. The summed E-state index contributed by atoms with van der Waals surface area (Å²) in [5, 5.41) is 17.2. The molecule has 3 heterocycles. The fourth-order valence-electron chi connectivity index (χ4n) is 11.9. The molecule has 1 aliphatic rings. The lowest BCUT2D eigenvalue weighted by atomic mass is 9.92. The van der Waals surface area contributed by atoms with Crippen molar-refractivity contribution in [3.63, 3.8) is 0 Å². The van der Waals surface area contributed by atoms with Crippen LogP contribution in [0.25, 0.3) is 98.1 Å². The van der Waals surface area contributed by atoms with E-state index in [9.17, 15) is 0 Å². The Balaban J connectivity index is 0.925. The molecular weight excluding hydrogens is 881 g/mol. The van der Waals surface area contributed by atoms with Crippen molar-refractivity contribution in [3.05, 3.63) is 231 Å². The summed E-state index contributed by atoms with van der Waals surface area (Å²) in [6.45, 7) is 5.06. The first-order chi connectivity index (χ1) is 34.9. The number of benzene rings is 12. The highest BCUT2D eigenvalue weighted by Gasteiger charge is 2.37. The van der Waals surface area contributed by atoms with Crippen LogP contribution in [0.4, 0.5) is 34.1 Å². The van der Waals surface area contributed by atoms with E-state index in [1.54, 1.807) is 0 Å². The van der Waals surface area contributed by atoms with Crippen LogP contribution in [0.5, 0.6) is 0 Å². The molecule has 14 aromatic rings. The SMILES string of the molecule is C[Si]1(C)c2cc(N(c3ccc4ccccc4c3)c3cccc4c3oc3ccccc34)ccc2-c2cc3ccc(N(c4ccc5ccccc5c4)c4cccc5c4oc4ccccc45)cc3c3cccc1c23. The third-order valence-electron chi connectivity index (χ3n) is 15.3. The van der Waals surface area contributed by atoms with Crippen LogP contribution in [0.2, 0.25) is 13.1 Å². The number of hydrogen-bond donors (Lipinski definition) is 0. The van der Waals surface area contributed by atoms with E-state index < -0.39 is 8.07 Å². The summed E-state index contributed by atoms with van der Waals surface area (Å²) in [6.07, 6.45) is 0. The lowest BCUT2D eigenvalue weighted by molar-refractivity contribution is 0.668. The minimum Gasteiger partial charge on any atom is -0.454 e. The standard InChI is InChI=1S/C66H44N2O2Si/c1-71(2)62-27-13-20-53-56-39-48(67(46-31-28-41-14-3-5-16-43(41)36-46)58-23-11-21-54-50-18-7-9-25-60(50)69-65(54)58)33-30-45(56)38-57(64(53)62)52-35-34-49(40-63(52)71)68(47-32-29-42-15-4-6-17-44(42)37-47)59-24-12-22-55-51-19-8-10-26-61(51)70-66(55)59/h3-40H,1-2H3. The monoisotopic (exact) mass is 924 g/mol. The van der Waals surface area contributed by atoms with Crippen molar-refractivity contribution in [1.82, 2.24) is 0 Å². The quantitative estimate of drug-likeness (QED) is 0.123. The van der Waals surface area contributed by atoms with E-state index in [0.717, 1.165) is 78.0 Å². The molecular formula is C66H44N2O2Si. The fourth-order valence-corrected chi connectivity index (χ4v) is 15.0. The van der Waals surface area contributed by atoms with Crippen molar-refractivity contribution < 1.29 is 8.83 Å². The zero-order valence-corrected chi connectivity index (χ0v) is 40.2. The van der Waals surface area contributed by atoms with Crippen molar-refractivity contribution in [1.29, 1.82) is 0 Å². The third kappa shape index (κ3) is 5.97. The maximum Gasteiger partial charge on any atom is 0.159 e. The first-order valence-electron chi connectivity index (χ1n) is 24.5. The van der Waals surface area contributed by atoms with Crippen molar-refractivity contribution in [2.75, 3.05) is 9.80 Å². The zero-order chi connectivity index (χ0) is 47.0. The smallest absolute Gasteiger partial charge is 0.159 e. The van der Waals surface area contributed by atoms with Gasteiger partial charge in [0.1, 0.15) is 19.2 Å². The number of fused-ring (bicyclic) bond motifs is 12. The topological polar surface area (TPSA) is 32.8 Å². The van der Waals surface area contributed by atoms with Gasteiger partial charge in [-0.15, -0.1) is 0 Å². The molecule has 0 aliphatic carbocycles. The molecule has 0 saturated heterocycles. The number of nitrogens with zero attached hydrogens (tertiary/aromatic N) is 2. The first kappa shape index (κ1) is 40.0. The van der Waals surface area contributed by atoms with Crippen molar-refractivity contribution in [2.45, 2.75) is 13.1 Å². The summed E-state index contributed by atoms with van der Waals surface area (Å²) >= 11 is 0. The Labute approximate surface area is 410 Å². The van der Waals surface area contributed by atoms with Crippen LogP contribution in [-0.4, -0.2) is 8.07 Å². The molecule has 0 spiro atoms. The molecule has 15 rings (SSSR count). The summed E-state index contributed by atoms with van der Waals surface area (Å²) in [4.78, 5) is 4.79. The van der Waals surface area contributed by atoms with Gasteiger partial charge in [0.05, 0.1) is 11.4 Å². The normalized spacial score (nSPS) is 13.0. The predicted octanol–water partition coefficient (Wildman–Crippen LogP) is 17.8. The van der Waals surface area contributed by atoms with E-state index in [-0.39, 0.29) is 0 Å². The first-order valence-corrected chi connectivity index (χ1v) is 27.5. The van der Waals surface area contributed by atoms with E-state index in [4.69, 9.17) is 8.83 Å². The van der Waals surface area contributed by atoms with E-state index in [0.29, 0.717) is 0 Å². The van der Waals surface area contributed by atoms with Gasteiger partial charge < -0.3 is 18.6 Å². The Morgan fingerprint density at radius 2 is 0.775 bits per heavy atom. The van der Waals surface area contributed by atoms with Crippen LogP contribution in [0.15, 0.2) is 239 Å². The van der Waals surface area contributed by atoms with Crippen LogP contribution in [0, 0.1) is 0 Å². The van der Waals surface area contributed by atoms with Gasteiger partial charge in [-0.3, -0.25) is 0 Å². The maximum atomic E-state index is 6.76. The Morgan fingerprint density at radius 3 is 1.38 bits per heavy atom. The molecule has 1 aliphatic heterocycles.